The first kappa shape index (κ1) is 19.5. The Bertz CT molecular complexity index is 857. The number of hydrogen-bond acceptors (Lipinski definition) is 5. The molecule has 7 heteroatoms. The highest BCUT2D eigenvalue weighted by atomic mass is 32.2. The topological polar surface area (TPSA) is 85.4 Å². The number of carbonyl (C=O) groups is 1. The van der Waals surface area contributed by atoms with Crippen LogP contribution in [0.2, 0.25) is 0 Å². The molecule has 2 aromatic rings. The van der Waals surface area contributed by atoms with E-state index in [-0.39, 0.29) is 28.3 Å². The molecule has 0 saturated heterocycles. The Hall–Kier alpha value is -2.28. The normalized spacial score (nSPS) is 19.2. The monoisotopic (exact) mass is 388 g/mol. The Kier molecular flexibility index (Phi) is 5.33. The molecule has 0 radical (unpaired) electrons. The van der Waals surface area contributed by atoms with Gasteiger partial charge in [-0.1, -0.05) is 13.8 Å². The number of non-ortho nitro benzene ring substituents is 1. The van der Waals surface area contributed by atoms with Crippen LogP contribution in [0.25, 0.3) is 0 Å². The Labute approximate surface area is 162 Å². The maximum atomic E-state index is 12.7. The van der Waals surface area contributed by atoms with Gasteiger partial charge in [0.2, 0.25) is 5.91 Å². The van der Waals surface area contributed by atoms with Crippen LogP contribution in [0.4, 0.5) is 5.69 Å². The van der Waals surface area contributed by atoms with Crippen LogP contribution >= 0.6 is 11.8 Å². The van der Waals surface area contributed by atoms with Gasteiger partial charge in [-0.05, 0) is 43.9 Å². The number of nitro groups is 1. The van der Waals surface area contributed by atoms with E-state index in [9.17, 15) is 14.9 Å². The van der Waals surface area contributed by atoms with E-state index in [2.05, 4.69) is 19.2 Å². The maximum absolute atomic E-state index is 12.7. The van der Waals surface area contributed by atoms with Crippen molar-refractivity contribution in [3.8, 4) is 0 Å². The minimum atomic E-state index is -0.431. The Morgan fingerprint density at radius 1 is 1.37 bits per heavy atom. The van der Waals surface area contributed by atoms with Gasteiger partial charge in [0, 0.05) is 29.0 Å². The Morgan fingerprint density at radius 3 is 2.67 bits per heavy atom. The number of carbonyl (C=O) groups excluding carboxylic acids is 1. The lowest BCUT2D eigenvalue weighted by Crippen LogP contribution is -2.39. The summed E-state index contributed by atoms with van der Waals surface area (Å²) in [5.74, 6) is 1.78. The van der Waals surface area contributed by atoms with Crippen LogP contribution in [0, 0.1) is 22.5 Å². The number of hydrogen-bond donors (Lipinski definition) is 1. The van der Waals surface area contributed by atoms with E-state index in [0.29, 0.717) is 0 Å². The third-order valence-electron chi connectivity index (χ3n) is 4.78. The fourth-order valence-electron chi connectivity index (χ4n) is 3.51. The summed E-state index contributed by atoms with van der Waals surface area (Å²) >= 11 is 1.39. The molecule has 27 heavy (non-hydrogen) atoms. The molecule has 1 aromatic heterocycles. The number of amides is 1. The lowest BCUT2D eigenvalue weighted by molar-refractivity contribution is -0.384. The van der Waals surface area contributed by atoms with Crippen molar-refractivity contribution < 1.29 is 14.1 Å². The second-order valence-electron chi connectivity index (χ2n) is 7.85. The van der Waals surface area contributed by atoms with Gasteiger partial charge in [-0.3, -0.25) is 14.9 Å². The van der Waals surface area contributed by atoms with Crippen LogP contribution in [0.15, 0.2) is 39.6 Å². The summed E-state index contributed by atoms with van der Waals surface area (Å²) < 4.78 is 5.83. The van der Waals surface area contributed by atoms with Gasteiger partial charge in [-0.25, -0.2) is 0 Å². The van der Waals surface area contributed by atoms with Gasteiger partial charge < -0.3 is 9.73 Å². The Morgan fingerprint density at radius 2 is 2.04 bits per heavy atom. The number of rotatable bonds is 5. The van der Waals surface area contributed by atoms with Crippen LogP contribution in [-0.4, -0.2) is 16.1 Å². The molecule has 1 amide bonds. The van der Waals surface area contributed by atoms with E-state index < -0.39 is 4.92 Å². The zero-order chi connectivity index (χ0) is 19.8. The molecule has 1 N–H and O–H groups in total. The second-order valence-corrected chi connectivity index (χ2v) is 9.27. The van der Waals surface area contributed by atoms with Gasteiger partial charge in [0.25, 0.3) is 5.69 Å². The lowest BCUT2D eigenvalue weighted by atomic mass is 9.74. The number of fused-ring (bicyclic) bond motifs is 1. The highest BCUT2D eigenvalue weighted by Gasteiger charge is 2.36. The molecule has 0 bridgehead atoms. The van der Waals surface area contributed by atoms with Gasteiger partial charge in [0.05, 0.1) is 16.2 Å². The van der Waals surface area contributed by atoms with Gasteiger partial charge in [-0.15, -0.1) is 11.8 Å². The van der Waals surface area contributed by atoms with Gasteiger partial charge >= 0.3 is 0 Å². The maximum Gasteiger partial charge on any atom is 0.269 e. The molecule has 0 aliphatic heterocycles. The summed E-state index contributed by atoms with van der Waals surface area (Å²) in [7, 11) is 0. The molecule has 0 saturated carbocycles. The fourth-order valence-corrected chi connectivity index (χ4v) is 4.38. The number of nitrogens with zero attached hydrogens (tertiary/aromatic N) is 1. The molecule has 0 spiro atoms. The number of nitro benzene ring substituents is 1. The quantitative estimate of drug-likeness (QED) is 0.451. The van der Waals surface area contributed by atoms with Gasteiger partial charge in [0.1, 0.15) is 11.5 Å². The van der Waals surface area contributed by atoms with Gasteiger partial charge in [0.15, 0.2) is 0 Å². The van der Waals surface area contributed by atoms with Crippen LogP contribution in [0.1, 0.15) is 50.3 Å². The van der Waals surface area contributed by atoms with E-state index >= 15 is 0 Å². The number of furan rings is 1. The van der Waals surface area contributed by atoms with Crippen LogP contribution in [-0.2, 0) is 11.2 Å². The van der Waals surface area contributed by atoms with Crippen molar-refractivity contribution in [1.82, 2.24) is 5.32 Å². The minimum Gasteiger partial charge on any atom is -0.466 e. The van der Waals surface area contributed by atoms with E-state index in [1.54, 1.807) is 12.1 Å². The molecule has 1 aliphatic rings. The molecule has 2 atom stereocenters. The lowest BCUT2D eigenvalue weighted by Gasteiger charge is -2.35. The highest BCUT2D eigenvalue weighted by molar-refractivity contribution is 8.00. The molecular weight excluding hydrogens is 364 g/mol. The van der Waals surface area contributed by atoms with Crippen molar-refractivity contribution in [1.29, 1.82) is 0 Å². The molecular formula is C20H24N2O4S. The van der Waals surface area contributed by atoms with Crippen LogP contribution in [0.3, 0.4) is 0 Å². The molecule has 3 rings (SSSR count). The third kappa shape index (κ3) is 4.53. The Balaban J connectivity index is 1.68. The largest absolute Gasteiger partial charge is 0.466 e. The van der Waals surface area contributed by atoms with Crippen LogP contribution < -0.4 is 5.32 Å². The highest BCUT2D eigenvalue weighted by Crippen LogP contribution is 2.42. The summed E-state index contributed by atoms with van der Waals surface area (Å²) in [5, 5.41) is 13.6. The van der Waals surface area contributed by atoms with Crippen molar-refractivity contribution in [2.45, 2.75) is 56.7 Å². The van der Waals surface area contributed by atoms with Crippen molar-refractivity contribution in [2.75, 3.05) is 0 Å². The van der Waals surface area contributed by atoms with E-state index in [4.69, 9.17) is 4.42 Å². The summed E-state index contributed by atoms with van der Waals surface area (Å²) in [4.78, 5) is 23.9. The molecule has 1 aliphatic carbocycles. The van der Waals surface area contributed by atoms with E-state index in [1.165, 1.54) is 23.9 Å². The fraction of sp³-hybridized carbons (Fsp3) is 0.450. The standard InChI is InChI=1S/C20H24N2O4S/c1-12-9-16-17(10-20(3,4)11-18(16)26-12)21-19(23)13(2)27-15-7-5-14(6-8-15)22(24)25/h5-9,13,17H,10-11H2,1-4H3,(H,21,23)/t13-,17-/m0/s1. The van der Waals surface area contributed by atoms with Crippen molar-refractivity contribution in [2.24, 2.45) is 5.41 Å². The smallest absolute Gasteiger partial charge is 0.269 e. The van der Waals surface area contributed by atoms with Crippen molar-refractivity contribution in [3.05, 3.63) is 57.5 Å². The molecule has 1 aromatic carbocycles. The third-order valence-corrected chi connectivity index (χ3v) is 5.89. The predicted octanol–water partition coefficient (Wildman–Crippen LogP) is 4.81. The molecule has 1 heterocycles. The minimum absolute atomic E-state index is 0.0451. The summed E-state index contributed by atoms with van der Waals surface area (Å²) in [5.41, 5.74) is 1.18. The number of nitrogens with one attached hydrogen (secondary N) is 1. The van der Waals surface area contributed by atoms with Crippen molar-refractivity contribution >= 4 is 23.4 Å². The zero-order valence-corrected chi connectivity index (χ0v) is 16.8. The first-order valence-corrected chi connectivity index (χ1v) is 9.83. The molecule has 6 nitrogen and oxygen atoms in total. The van der Waals surface area contributed by atoms with Crippen molar-refractivity contribution in [3.63, 3.8) is 0 Å². The molecule has 0 unspecified atom stereocenters. The number of benzene rings is 1. The average Bonchev–Trinajstić information content (AvgIpc) is 2.94. The van der Waals surface area contributed by atoms with Gasteiger partial charge in [-0.2, -0.15) is 0 Å². The summed E-state index contributed by atoms with van der Waals surface area (Å²) in [6.45, 7) is 8.14. The SMILES string of the molecule is Cc1cc2c(o1)CC(C)(C)C[C@@H]2NC(=O)[C@H](C)Sc1ccc([N+](=O)[O-])cc1. The summed E-state index contributed by atoms with van der Waals surface area (Å²) in [6.07, 6.45) is 1.73. The first-order valence-electron chi connectivity index (χ1n) is 8.95. The summed E-state index contributed by atoms with van der Waals surface area (Å²) in [6, 6.07) is 8.22. The first-order chi connectivity index (χ1) is 12.6. The zero-order valence-electron chi connectivity index (χ0n) is 15.9. The van der Waals surface area contributed by atoms with E-state index in [1.807, 2.05) is 19.9 Å². The van der Waals surface area contributed by atoms with Crippen LogP contribution in [0.5, 0.6) is 0 Å². The number of thioether (sulfide) groups is 1. The average molecular weight is 388 g/mol. The molecule has 0 fully saturated rings. The second kappa shape index (κ2) is 7.38. The van der Waals surface area contributed by atoms with E-state index in [0.717, 1.165) is 34.8 Å². The predicted molar refractivity (Wildman–Crippen MR) is 105 cm³/mol. The molecule has 144 valence electrons. The number of aryl methyl sites for hydroxylation is 1.